The molecule has 4 heteroatoms. The number of hydrogen-bond donors (Lipinski definition) is 1. The maximum atomic E-state index is 11.6. The fourth-order valence-corrected chi connectivity index (χ4v) is 3.54. The zero-order valence-electron chi connectivity index (χ0n) is 17.4. The van der Waals surface area contributed by atoms with Gasteiger partial charge in [0, 0.05) is 17.4 Å². The molecule has 0 radical (unpaired) electrons. The first-order valence-corrected chi connectivity index (χ1v) is 10.4. The largest absolute Gasteiger partial charge is 0.508 e. The third-order valence-corrected chi connectivity index (χ3v) is 5.12. The number of esters is 1. The standard InChI is InChI=1S/C27H24O4/c1-2-30-26(29)18-9-19-7-15-23(16-8-19)31-27-24-6-4-3-5-20(24)12-17-25(27)21-10-13-22(28)14-11-21/h3-8,10-17,28H,2,9,18H2,1H3. The van der Waals surface area contributed by atoms with Gasteiger partial charge in [0.25, 0.3) is 0 Å². The molecule has 0 spiro atoms. The van der Waals surface area contributed by atoms with Crippen molar-refractivity contribution in [3.05, 3.63) is 90.5 Å². The molecule has 4 rings (SSSR count). The summed E-state index contributed by atoms with van der Waals surface area (Å²) < 4.78 is 11.4. The summed E-state index contributed by atoms with van der Waals surface area (Å²) in [6, 6.07) is 27.1. The third-order valence-electron chi connectivity index (χ3n) is 5.12. The van der Waals surface area contributed by atoms with E-state index >= 15 is 0 Å². The average Bonchev–Trinajstić information content (AvgIpc) is 2.80. The number of aryl methyl sites for hydroxylation is 1. The van der Waals surface area contributed by atoms with Crippen LogP contribution in [0.1, 0.15) is 18.9 Å². The molecular weight excluding hydrogens is 388 g/mol. The molecule has 0 aliphatic heterocycles. The Labute approximate surface area is 181 Å². The molecule has 31 heavy (non-hydrogen) atoms. The molecule has 0 aliphatic carbocycles. The van der Waals surface area contributed by atoms with Crippen molar-refractivity contribution in [3.8, 4) is 28.4 Å². The molecule has 0 saturated carbocycles. The van der Waals surface area contributed by atoms with Crippen molar-refractivity contribution in [1.29, 1.82) is 0 Å². The van der Waals surface area contributed by atoms with Gasteiger partial charge in [0.2, 0.25) is 0 Å². The van der Waals surface area contributed by atoms with Gasteiger partial charge in [-0.15, -0.1) is 0 Å². The van der Waals surface area contributed by atoms with Crippen molar-refractivity contribution < 1.29 is 19.4 Å². The van der Waals surface area contributed by atoms with Gasteiger partial charge >= 0.3 is 5.97 Å². The van der Waals surface area contributed by atoms with E-state index in [9.17, 15) is 9.90 Å². The number of rotatable bonds is 7. The van der Waals surface area contributed by atoms with E-state index < -0.39 is 0 Å². The van der Waals surface area contributed by atoms with E-state index in [-0.39, 0.29) is 11.7 Å². The van der Waals surface area contributed by atoms with Crippen LogP contribution in [0.4, 0.5) is 0 Å². The Kier molecular flexibility index (Phi) is 6.18. The van der Waals surface area contributed by atoms with Crippen LogP contribution in [-0.4, -0.2) is 17.7 Å². The minimum absolute atomic E-state index is 0.183. The Balaban J connectivity index is 1.63. The number of phenols is 1. The zero-order valence-corrected chi connectivity index (χ0v) is 17.4. The highest BCUT2D eigenvalue weighted by atomic mass is 16.5. The van der Waals surface area contributed by atoms with Crippen molar-refractivity contribution >= 4 is 16.7 Å². The Bertz CT molecular complexity index is 1180. The molecule has 0 saturated heterocycles. The minimum Gasteiger partial charge on any atom is -0.508 e. The average molecular weight is 412 g/mol. The van der Waals surface area contributed by atoms with E-state index in [1.165, 1.54) is 0 Å². The summed E-state index contributed by atoms with van der Waals surface area (Å²) in [5.41, 5.74) is 2.96. The molecule has 156 valence electrons. The van der Waals surface area contributed by atoms with E-state index in [0.717, 1.165) is 39.0 Å². The summed E-state index contributed by atoms with van der Waals surface area (Å²) in [5.74, 6) is 1.53. The third kappa shape index (κ3) is 4.86. The molecule has 1 N–H and O–H groups in total. The quantitative estimate of drug-likeness (QED) is 0.352. The van der Waals surface area contributed by atoms with Crippen LogP contribution in [0.15, 0.2) is 84.9 Å². The summed E-state index contributed by atoms with van der Waals surface area (Å²) >= 11 is 0. The highest BCUT2D eigenvalue weighted by molar-refractivity contribution is 5.95. The lowest BCUT2D eigenvalue weighted by Crippen LogP contribution is -2.05. The number of hydrogen-bond acceptors (Lipinski definition) is 4. The van der Waals surface area contributed by atoms with Gasteiger partial charge in [-0.2, -0.15) is 0 Å². The monoisotopic (exact) mass is 412 g/mol. The SMILES string of the molecule is CCOC(=O)CCc1ccc(Oc2c(-c3ccc(O)cc3)ccc3ccccc23)cc1. The molecule has 0 aromatic heterocycles. The van der Waals surface area contributed by atoms with Gasteiger partial charge in [0.1, 0.15) is 17.2 Å². The molecule has 0 atom stereocenters. The van der Waals surface area contributed by atoms with Gasteiger partial charge in [-0.1, -0.05) is 54.6 Å². The van der Waals surface area contributed by atoms with E-state index in [1.54, 1.807) is 12.1 Å². The molecular formula is C27H24O4. The van der Waals surface area contributed by atoms with E-state index in [1.807, 2.05) is 67.6 Å². The summed E-state index contributed by atoms with van der Waals surface area (Å²) in [6.07, 6.45) is 0.995. The number of aromatic hydroxyl groups is 1. The maximum absolute atomic E-state index is 11.6. The lowest BCUT2D eigenvalue weighted by Gasteiger charge is -2.15. The van der Waals surface area contributed by atoms with E-state index in [0.29, 0.717) is 19.4 Å². The molecule has 4 aromatic rings. The Morgan fingerprint density at radius 3 is 2.35 bits per heavy atom. The van der Waals surface area contributed by atoms with Crippen LogP contribution in [0, 0.1) is 0 Å². The van der Waals surface area contributed by atoms with Crippen LogP contribution < -0.4 is 4.74 Å². The Hall–Kier alpha value is -3.79. The normalized spacial score (nSPS) is 10.7. The number of phenolic OH excluding ortho intramolecular Hbond substituents is 1. The smallest absolute Gasteiger partial charge is 0.306 e. The van der Waals surface area contributed by atoms with Crippen molar-refractivity contribution in [2.75, 3.05) is 6.61 Å². The number of carbonyl (C=O) groups excluding carboxylic acids is 1. The van der Waals surface area contributed by atoms with Crippen molar-refractivity contribution in [1.82, 2.24) is 0 Å². The lowest BCUT2D eigenvalue weighted by molar-refractivity contribution is -0.143. The molecule has 0 fully saturated rings. The summed E-state index contributed by atoms with van der Waals surface area (Å²) in [6.45, 7) is 2.21. The molecule has 4 nitrogen and oxygen atoms in total. The van der Waals surface area contributed by atoms with Gasteiger partial charge in [0.15, 0.2) is 0 Å². The first kappa shape index (κ1) is 20.5. The second-order valence-corrected chi connectivity index (χ2v) is 7.26. The van der Waals surface area contributed by atoms with E-state index in [4.69, 9.17) is 9.47 Å². The van der Waals surface area contributed by atoms with Gasteiger partial charge < -0.3 is 14.6 Å². The van der Waals surface area contributed by atoms with Crippen LogP contribution in [0.2, 0.25) is 0 Å². The van der Waals surface area contributed by atoms with Gasteiger partial charge in [0.05, 0.1) is 6.61 Å². The first-order valence-electron chi connectivity index (χ1n) is 10.4. The van der Waals surface area contributed by atoms with Crippen molar-refractivity contribution in [2.45, 2.75) is 19.8 Å². The highest BCUT2D eigenvalue weighted by Gasteiger charge is 2.12. The maximum Gasteiger partial charge on any atom is 0.306 e. The van der Waals surface area contributed by atoms with Crippen LogP contribution >= 0.6 is 0 Å². The van der Waals surface area contributed by atoms with Crippen LogP contribution in [0.25, 0.3) is 21.9 Å². The topological polar surface area (TPSA) is 55.8 Å². The molecule has 0 amide bonds. The van der Waals surface area contributed by atoms with Gasteiger partial charge in [-0.05, 0) is 60.2 Å². The van der Waals surface area contributed by atoms with Crippen LogP contribution in [-0.2, 0) is 16.0 Å². The summed E-state index contributed by atoms with van der Waals surface area (Å²) in [5, 5.41) is 11.8. The number of fused-ring (bicyclic) bond motifs is 1. The van der Waals surface area contributed by atoms with Gasteiger partial charge in [-0.25, -0.2) is 0 Å². The molecule has 4 aromatic carbocycles. The predicted molar refractivity (Wildman–Crippen MR) is 123 cm³/mol. The van der Waals surface area contributed by atoms with Crippen molar-refractivity contribution in [2.24, 2.45) is 0 Å². The molecule has 0 heterocycles. The zero-order chi connectivity index (χ0) is 21.6. The lowest BCUT2D eigenvalue weighted by atomic mass is 9.99. The number of carbonyl (C=O) groups is 1. The number of benzene rings is 4. The van der Waals surface area contributed by atoms with Crippen LogP contribution in [0.3, 0.4) is 0 Å². The Morgan fingerprint density at radius 2 is 1.61 bits per heavy atom. The minimum atomic E-state index is -0.183. The molecule has 0 bridgehead atoms. The Morgan fingerprint density at radius 1 is 0.871 bits per heavy atom. The van der Waals surface area contributed by atoms with Gasteiger partial charge in [-0.3, -0.25) is 4.79 Å². The number of ether oxygens (including phenoxy) is 2. The summed E-state index contributed by atoms with van der Waals surface area (Å²) in [4.78, 5) is 11.6. The fraction of sp³-hybridized carbons (Fsp3) is 0.148. The fourth-order valence-electron chi connectivity index (χ4n) is 3.54. The molecule has 0 aliphatic rings. The molecule has 0 unspecified atom stereocenters. The summed E-state index contributed by atoms with van der Waals surface area (Å²) in [7, 11) is 0. The van der Waals surface area contributed by atoms with Crippen molar-refractivity contribution in [3.63, 3.8) is 0 Å². The predicted octanol–water partition coefficient (Wildman–Crippen LogP) is 6.50. The van der Waals surface area contributed by atoms with E-state index in [2.05, 4.69) is 12.1 Å². The second kappa shape index (κ2) is 9.35. The highest BCUT2D eigenvalue weighted by Crippen LogP contribution is 2.40. The second-order valence-electron chi connectivity index (χ2n) is 7.26. The first-order chi connectivity index (χ1) is 15.1. The van der Waals surface area contributed by atoms with Crippen LogP contribution in [0.5, 0.6) is 17.2 Å².